The molecule has 0 aromatic carbocycles. The maximum Gasteiger partial charge on any atom is 0.0270 e. The van der Waals surface area contributed by atoms with Gasteiger partial charge in [-0.25, -0.2) is 0 Å². The van der Waals surface area contributed by atoms with Crippen LogP contribution in [0.5, 0.6) is 0 Å². The number of pyridine rings is 1. The van der Waals surface area contributed by atoms with E-state index in [0.29, 0.717) is 0 Å². The Hall–Kier alpha value is -0.850. The van der Waals surface area contributed by atoms with Crippen molar-refractivity contribution in [3.8, 4) is 0 Å². The third kappa shape index (κ3) is 1.66. The van der Waals surface area contributed by atoms with E-state index >= 15 is 0 Å². The summed E-state index contributed by atoms with van der Waals surface area (Å²) < 4.78 is 0. The van der Waals surface area contributed by atoms with Crippen LogP contribution in [-0.2, 0) is 0 Å². The van der Waals surface area contributed by atoms with E-state index in [2.05, 4.69) is 17.1 Å². The van der Waals surface area contributed by atoms with E-state index in [1.165, 1.54) is 37.7 Å². The molecule has 1 nitrogen and oxygen atoms in total. The molecular weight excluding hydrogens is 146 g/mol. The Balaban J connectivity index is 2.08. The number of hydrogen-bond acceptors (Lipinski definition) is 1. The quantitative estimate of drug-likeness (QED) is 0.615. The molecule has 1 aromatic rings. The monoisotopic (exact) mass is 160 g/mol. The normalized spacial score (nSPS) is 19.3. The Morgan fingerprint density at radius 2 is 1.58 bits per heavy atom. The van der Waals surface area contributed by atoms with Gasteiger partial charge in [0.15, 0.2) is 0 Å². The minimum atomic E-state index is 1.30. The van der Waals surface area contributed by atoms with E-state index in [9.17, 15) is 0 Å². The van der Waals surface area contributed by atoms with Gasteiger partial charge in [0.25, 0.3) is 0 Å². The Morgan fingerprint density at radius 3 is 2.25 bits per heavy atom. The molecule has 0 atom stereocenters. The highest BCUT2D eigenvalue weighted by Crippen LogP contribution is 2.30. The van der Waals surface area contributed by atoms with Gasteiger partial charge in [-0.2, -0.15) is 0 Å². The lowest BCUT2D eigenvalue weighted by Gasteiger charge is -2.20. The second-order valence-electron chi connectivity index (χ2n) is 3.40. The van der Waals surface area contributed by atoms with Crippen molar-refractivity contribution in [2.75, 3.05) is 0 Å². The van der Waals surface area contributed by atoms with Gasteiger partial charge in [0.2, 0.25) is 0 Å². The first kappa shape index (κ1) is 7.78. The van der Waals surface area contributed by atoms with Crippen molar-refractivity contribution in [3.05, 3.63) is 36.0 Å². The zero-order chi connectivity index (χ0) is 8.23. The van der Waals surface area contributed by atoms with Crippen LogP contribution < -0.4 is 0 Å². The average molecular weight is 160 g/mol. The zero-order valence-electron chi connectivity index (χ0n) is 7.29. The van der Waals surface area contributed by atoms with E-state index in [0.717, 1.165) is 0 Å². The van der Waals surface area contributed by atoms with Gasteiger partial charge in [-0.3, -0.25) is 4.98 Å². The molecule has 1 aromatic heterocycles. The highest BCUT2D eigenvalue weighted by Gasteiger charge is 2.15. The molecule has 1 aliphatic rings. The Morgan fingerprint density at radius 1 is 0.917 bits per heavy atom. The van der Waals surface area contributed by atoms with Crippen LogP contribution in [0.3, 0.4) is 0 Å². The van der Waals surface area contributed by atoms with Crippen LogP contribution in [0.4, 0.5) is 0 Å². The fraction of sp³-hybridized carbons (Fsp3) is 0.455. The third-order valence-corrected chi connectivity index (χ3v) is 2.55. The fourth-order valence-electron chi connectivity index (χ4n) is 1.85. The molecule has 0 unspecified atom stereocenters. The first-order valence-electron chi connectivity index (χ1n) is 4.72. The molecule has 12 heavy (non-hydrogen) atoms. The Bertz CT molecular complexity index is 224. The second kappa shape index (κ2) is 3.70. The molecule has 0 aliphatic heterocycles. The van der Waals surface area contributed by atoms with Gasteiger partial charge in [0, 0.05) is 18.3 Å². The predicted octanol–water partition coefficient (Wildman–Crippen LogP) is 2.97. The van der Waals surface area contributed by atoms with Gasteiger partial charge in [0.05, 0.1) is 0 Å². The molecule has 1 heterocycles. The van der Waals surface area contributed by atoms with Gasteiger partial charge in [-0.15, -0.1) is 0 Å². The lowest BCUT2D eigenvalue weighted by Crippen LogP contribution is -2.05. The summed E-state index contributed by atoms with van der Waals surface area (Å²) in [7, 11) is 0. The molecule has 0 N–H and O–H groups in total. The first-order valence-corrected chi connectivity index (χ1v) is 4.72. The summed E-state index contributed by atoms with van der Waals surface area (Å²) in [5, 5.41) is 0. The van der Waals surface area contributed by atoms with Gasteiger partial charge in [0.1, 0.15) is 0 Å². The number of nitrogens with zero attached hydrogens (tertiary/aromatic N) is 1. The molecular formula is C11H14N. The van der Waals surface area contributed by atoms with E-state index in [-0.39, 0.29) is 0 Å². The lowest BCUT2D eigenvalue weighted by molar-refractivity contribution is 0.551. The summed E-state index contributed by atoms with van der Waals surface area (Å²) in [6, 6.07) is 4.25. The summed E-state index contributed by atoms with van der Waals surface area (Å²) in [6.07, 6.45) is 10.5. The molecule has 1 fully saturated rings. The topological polar surface area (TPSA) is 12.9 Å². The molecule has 1 heteroatoms. The van der Waals surface area contributed by atoms with Crippen LogP contribution in [0.15, 0.2) is 24.5 Å². The minimum absolute atomic E-state index is 1.30. The molecule has 1 radical (unpaired) electrons. The van der Waals surface area contributed by atoms with E-state index < -0.39 is 0 Å². The fourth-order valence-corrected chi connectivity index (χ4v) is 1.85. The average Bonchev–Trinajstić information content (AvgIpc) is 2.21. The number of hydrogen-bond donors (Lipinski definition) is 0. The Labute approximate surface area is 73.8 Å². The van der Waals surface area contributed by atoms with Crippen LogP contribution in [0.1, 0.15) is 37.7 Å². The third-order valence-electron chi connectivity index (χ3n) is 2.55. The highest BCUT2D eigenvalue weighted by atomic mass is 14.6. The molecule has 0 spiro atoms. The van der Waals surface area contributed by atoms with Gasteiger partial charge in [-0.05, 0) is 30.5 Å². The van der Waals surface area contributed by atoms with Crippen LogP contribution in [-0.4, -0.2) is 4.98 Å². The Kier molecular flexibility index (Phi) is 2.40. The van der Waals surface area contributed by atoms with E-state index in [4.69, 9.17) is 0 Å². The van der Waals surface area contributed by atoms with Gasteiger partial charge in [-0.1, -0.05) is 19.3 Å². The molecule has 1 saturated carbocycles. The molecule has 0 amide bonds. The molecule has 63 valence electrons. The van der Waals surface area contributed by atoms with Crippen LogP contribution in [0.25, 0.3) is 0 Å². The summed E-state index contributed by atoms with van der Waals surface area (Å²) in [5.74, 6) is 1.63. The zero-order valence-corrected chi connectivity index (χ0v) is 7.29. The van der Waals surface area contributed by atoms with Crippen molar-refractivity contribution in [2.45, 2.75) is 32.1 Å². The van der Waals surface area contributed by atoms with Crippen molar-refractivity contribution < 1.29 is 0 Å². The maximum absolute atomic E-state index is 4.03. The van der Waals surface area contributed by atoms with Crippen molar-refractivity contribution in [1.29, 1.82) is 0 Å². The maximum atomic E-state index is 4.03. The van der Waals surface area contributed by atoms with Gasteiger partial charge < -0.3 is 0 Å². The summed E-state index contributed by atoms with van der Waals surface area (Å²) in [4.78, 5) is 4.03. The second-order valence-corrected chi connectivity index (χ2v) is 3.40. The van der Waals surface area contributed by atoms with Crippen LogP contribution in [0, 0.1) is 5.92 Å². The highest BCUT2D eigenvalue weighted by molar-refractivity contribution is 5.28. The predicted molar refractivity (Wildman–Crippen MR) is 49.7 cm³/mol. The van der Waals surface area contributed by atoms with Crippen LogP contribution >= 0.6 is 0 Å². The van der Waals surface area contributed by atoms with E-state index in [1.54, 1.807) is 5.92 Å². The molecule has 0 bridgehead atoms. The number of rotatable bonds is 1. The van der Waals surface area contributed by atoms with Crippen molar-refractivity contribution in [1.82, 2.24) is 4.98 Å². The molecule has 0 saturated heterocycles. The van der Waals surface area contributed by atoms with Crippen molar-refractivity contribution in [2.24, 2.45) is 0 Å². The van der Waals surface area contributed by atoms with Crippen molar-refractivity contribution in [3.63, 3.8) is 0 Å². The molecule has 2 rings (SSSR count). The smallest absolute Gasteiger partial charge is 0.0270 e. The summed E-state index contributed by atoms with van der Waals surface area (Å²) >= 11 is 0. The van der Waals surface area contributed by atoms with Crippen molar-refractivity contribution >= 4 is 0 Å². The largest absolute Gasteiger partial charge is 0.265 e. The standard InChI is InChI=1S/C11H14N/c1-2-4-10(5-3-1)11-6-8-12-9-7-11/h6-9H,1-5H2. The summed E-state index contributed by atoms with van der Waals surface area (Å²) in [5.41, 5.74) is 1.41. The van der Waals surface area contributed by atoms with Gasteiger partial charge >= 0.3 is 0 Å². The summed E-state index contributed by atoms with van der Waals surface area (Å²) in [6.45, 7) is 0. The lowest BCUT2D eigenvalue weighted by atomic mass is 9.85. The molecule has 1 aliphatic carbocycles. The van der Waals surface area contributed by atoms with E-state index in [1.807, 2.05) is 12.4 Å². The van der Waals surface area contributed by atoms with Crippen LogP contribution in [0.2, 0.25) is 0 Å². The minimum Gasteiger partial charge on any atom is -0.265 e. The first-order chi connectivity index (χ1) is 5.97. The SMILES string of the molecule is c1cc([C]2CCCCC2)ccn1. The number of aromatic nitrogens is 1.